The van der Waals surface area contributed by atoms with Gasteiger partial charge in [0.15, 0.2) is 0 Å². The van der Waals surface area contributed by atoms with E-state index in [0.29, 0.717) is 11.0 Å². The SMILES string of the molecule is O=C(O)C[C@H]1CC[C@H](Oc2ncc(-c3ccc(-c4nc5ccccc5[nH]4)c(Cl)c3)cn2)CC1. The fourth-order valence-electron chi connectivity index (χ4n) is 4.34. The Hall–Kier alpha value is -3.45. The Morgan fingerprint density at radius 2 is 1.82 bits per heavy atom. The van der Waals surface area contributed by atoms with Crippen LogP contribution in [0.15, 0.2) is 54.9 Å². The first-order valence-corrected chi connectivity index (χ1v) is 11.4. The average molecular weight is 463 g/mol. The largest absolute Gasteiger partial charge is 0.481 e. The number of hydrogen-bond acceptors (Lipinski definition) is 5. The first kappa shape index (κ1) is 21.4. The molecule has 0 bridgehead atoms. The molecule has 7 nitrogen and oxygen atoms in total. The summed E-state index contributed by atoms with van der Waals surface area (Å²) in [7, 11) is 0. The van der Waals surface area contributed by atoms with Gasteiger partial charge in [-0.15, -0.1) is 0 Å². The number of aromatic nitrogens is 4. The lowest BCUT2D eigenvalue weighted by Gasteiger charge is -2.27. The van der Waals surface area contributed by atoms with E-state index >= 15 is 0 Å². The number of H-pyrrole nitrogens is 1. The molecule has 0 aliphatic heterocycles. The van der Waals surface area contributed by atoms with Crippen molar-refractivity contribution >= 4 is 28.6 Å². The molecule has 2 aromatic heterocycles. The Morgan fingerprint density at radius 3 is 2.52 bits per heavy atom. The van der Waals surface area contributed by atoms with E-state index in [1.807, 2.05) is 42.5 Å². The highest BCUT2D eigenvalue weighted by atomic mass is 35.5. The molecule has 0 amide bonds. The predicted molar refractivity (Wildman–Crippen MR) is 126 cm³/mol. The number of nitrogens with zero attached hydrogens (tertiary/aromatic N) is 3. The second-order valence-corrected chi connectivity index (χ2v) is 8.82. The summed E-state index contributed by atoms with van der Waals surface area (Å²) in [5, 5.41) is 9.53. The molecule has 1 aliphatic carbocycles. The lowest BCUT2D eigenvalue weighted by molar-refractivity contribution is -0.138. The predicted octanol–water partition coefficient (Wildman–Crippen LogP) is 5.75. The number of imidazole rings is 1. The molecule has 0 radical (unpaired) electrons. The van der Waals surface area contributed by atoms with Gasteiger partial charge in [-0.2, -0.15) is 0 Å². The van der Waals surface area contributed by atoms with Gasteiger partial charge in [0.25, 0.3) is 0 Å². The molecule has 33 heavy (non-hydrogen) atoms. The number of nitrogens with one attached hydrogen (secondary N) is 1. The van der Waals surface area contributed by atoms with E-state index in [-0.39, 0.29) is 18.4 Å². The summed E-state index contributed by atoms with van der Waals surface area (Å²) in [6, 6.07) is 14.0. The third kappa shape index (κ3) is 4.83. The maximum atomic E-state index is 10.9. The molecule has 1 fully saturated rings. The van der Waals surface area contributed by atoms with Crippen molar-refractivity contribution in [2.45, 2.75) is 38.2 Å². The van der Waals surface area contributed by atoms with Crippen molar-refractivity contribution in [1.82, 2.24) is 19.9 Å². The second kappa shape index (κ2) is 9.19. The van der Waals surface area contributed by atoms with Gasteiger partial charge in [-0.3, -0.25) is 4.79 Å². The maximum Gasteiger partial charge on any atom is 0.316 e. The highest BCUT2D eigenvalue weighted by Gasteiger charge is 2.24. The van der Waals surface area contributed by atoms with E-state index in [2.05, 4.69) is 19.9 Å². The third-order valence-corrected chi connectivity index (χ3v) is 6.42. The number of aliphatic carboxylic acids is 1. The Kier molecular flexibility index (Phi) is 5.96. The summed E-state index contributed by atoms with van der Waals surface area (Å²) in [4.78, 5) is 27.5. The zero-order valence-electron chi connectivity index (χ0n) is 17.9. The fourth-order valence-corrected chi connectivity index (χ4v) is 4.61. The van der Waals surface area contributed by atoms with Gasteiger partial charge in [0, 0.05) is 29.9 Å². The van der Waals surface area contributed by atoms with Crippen LogP contribution >= 0.6 is 11.6 Å². The molecule has 0 unspecified atom stereocenters. The van der Waals surface area contributed by atoms with Crippen LogP contribution in [0.25, 0.3) is 33.5 Å². The van der Waals surface area contributed by atoms with Gasteiger partial charge in [-0.05, 0) is 61.4 Å². The quantitative estimate of drug-likeness (QED) is 0.378. The van der Waals surface area contributed by atoms with Gasteiger partial charge in [0.2, 0.25) is 0 Å². The van der Waals surface area contributed by atoms with Gasteiger partial charge < -0.3 is 14.8 Å². The van der Waals surface area contributed by atoms with Crippen LogP contribution < -0.4 is 4.74 Å². The third-order valence-electron chi connectivity index (χ3n) is 6.10. The van der Waals surface area contributed by atoms with Crippen LogP contribution in [0, 0.1) is 5.92 Å². The standard InChI is InChI=1S/C25H23ClN4O3/c26-20-12-16(7-10-19(20)24-29-21-3-1-2-4-22(21)30-24)17-13-27-25(28-14-17)33-18-8-5-15(6-9-18)11-23(31)32/h1-4,7,10,12-15,18H,5-6,8-9,11H2,(H,29,30)(H,31,32)/t15-,18-. The highest BCUT2D eigenvalue weighted by molar-refractivity contribution is 6.33. The van der Waals surface area contributed by atoms with Crippen LogP contribution in [0.5, 0.6) is 6.01 Å². The number of hydrogen-bond donors (Lipinski definition) is 2. The molecule has 8 heteroatoms. The zero-order chi connectivity index (χ0) is 22.8. The Labute approximate surface area is 195 Å². The van der Waals surface area contributed by atoms with Gasteiger partial charge in [0.05, 0.1) is 16.1 Å². The Bertz CT molecular complexity index is 1250. The lowest BCUT2D eigenvalue weighted by atomic mass is 9.85. The highest BCUT2D eigenvalue weighted by Crippen LogP contribution is 2.32. The van der Waals surface area contributed by atoms with E-state index < -0.39 is 5.97 Å². The van der Waals surface area contributed by atoms with Crippen molar-refractivity contribution in [2.24, 2.45) is 5.92 Å². The van der Waals surface area contributed by atoms with Crippen molar-refractivity contribution in [3.8, 4) is 28.5 Å². The monoisotopic (exact) mass is 462 g/mol. The van der Waals surface area contributed by atoms with E-state index in [4.69, 9.17) is 21.4 Å². The van der Waals surface area contributed by atoms with Crippen LogP contribution in [0.3, 0.4) is 0 Å². The molecule has 0 atom stereocenters. The number of benzene rings is 2. The van der Waals surface area contributed by atoms with Crippen molar-refractivity contribution in [1.29, 1.82) is 0 Å². The van der Waals surface area contributed by atoms with Gasteiger partial charge >= 0.3 is 12.0 Å². The molecule has 2 N–H and O–H groups in total. The number of rotatable bonds is 6. The van der Waals surface area contributed by atoms with Crippen molar-refractivity contribution in [3.63, 3.8) is 0 Å². The minimum Gasteiger partial charge on any atom is -0.481 e. The molecular formula is C25H23ClN4O3. The first-order chi connectivity index (χ1) is 16.0. The summed E-state index contributed by atoms with van der Waals surface area (Å²) in [5.41, 5.74) is 4.43. The molecule has 1 aliphatic rings. The molecule has 4 aromatic rings. The van der Waals surface area contributed by atoms with E-state index in [1.165, 1.54) is 0 Å². The van der Waals surface area contributed by atoms with E-state index in [9.17, 15) is 4.79 Å². The van der Waals surface area contributed by atoms with Crippen LogP contribution in [-0.4, -0.2) is 37.1 Å². The second-order valence-electron chi connectivity index (χ2n) is 8.41. The number of carboxylic acid groups (broad SMARTS) is 1. The molecular weight excluding hydrogens is 440 g/mol. The van der Waals surface area contributed by atoms with Gasteiger partial charge in [-0.25, -0.2) is 15.0 Å². The smallest absolute Gasteiger partial charge is 0.316 e. The molecule has 168 valence electrons. The maximum absolute atomic E-state index is 10.9. The minimum absolute atomic E-state index is 0.0263. The first-order valence-electron chi connectivity index (χ1n) is 11.0. The zero-order valence-corrected chi connectivity index (χ0v) is 18.6. The fraction of sp³-hybridized carbons (Fsp3) is 0.280. The number of ether oxygens (including phenoxy) is 1. The molecule has 2 aromatic carbocycles. The van der Waals surface area contributed by atoms with Crippen molar-refractivity contribution in [2.75, 3.05) is 0 Å². The van der Waals surface area contributed by atoms with E-state index in [1.54, 1.807) is 12.4 Å². The van der Waals surface area contributed by atoms with Crippen molar-refractivity contribution < 1.29 is 14.6 Å². The average Bonchev–Trinajstić information content (AvgIpc) is 3.24. The van der Waals surface area contributed by atoms with Crippen molar-refractivity contribution in [3.05, 3.63) is 59.9 Å². The summed E-state index contributed by atoms with van der Waals surface area (Å²) in [5.74, 6) is 0.229. The number of halogens is 1. The number of aromatic amines is 1. The summed E-state index contributed by atoms with van der Waals surface area (Å²) in [6.07, 6.45) is 7.06. The number of para-hydroxylation sites is 2. The topological polar surface area (TPSA) is 101 Å². The van der Waals surface area contributed by atoms with E-state index in [0.717, 1.165) is 59.2 Å². The Morgan fingerprint density at radius 1 is 1.06 bits per heavy atom. The molecule has 0 saturated heterocycles. The summed E-state index contributed by atoms with van der Waals surface area (Å²) < 4.78 is 5.92. The van der Waals surface area contributed by atoms with Gasteiger partial charge in [-0.1, -0.05) is 29.8 Å². The summed E-state index contributed by atoms with van der Waals surface area (Å²) in [6.45, 7) is 0. The van der Waals surface area contributed by atoms with Crippen LogP contribution in [0.1, 0.15) is 32.1 Å². The minimum atomic E-state index is -0.732. The van der Waals surface area contributed by atoms with Gasteiger partial charge in [0.1, 0.15) is 11.9 Å². The molecule has 1 saturated carbocycles. The normalized spacial score (nSPS) is 18.3. The molecule has 2 heterocycles. The number of fused-ring (bicyclic) bond motifs is 1. The Balaban J connectivity index is 1.25. The molecule has 5 rings (SSSR count). The summed E-state index contributed by atoms with van der Waals surface area (Å²) >= 11 is 6.58. The lowest BCUT2D eigenvalue weighted by Crippen LogP contribution is -2.25. The number of carbonyl (C=O) groups is 1. The van der Waals surface area contributed by atoms with Crippen LogP contribution in [0.4, 0.5) is 0 Å². The van der Waals surface area contributed by atoms with Crippen LogP contribution in [-0.2, 0) is 4.79 Å². The van der Waals surface area contributed by atoms with Crippen LogP contribution in [0.2, 0.25) is 5.02 Å². The number of carboxylic acids is 1. The molecule has 0 spiro atoms.